The molecule has 1 N–H and O–H groups in total. The fourth-order valence-corrected chi connectivity index (χ4v) is 8.78. The molecule has 3 heterocycles. The van der Waals surface area contributed by atoms with Crippen molar-refractivity contribution in [3.63, 3.8) is 0 Å². The summed E-state index contributed by atoms with van der Waals surface area (Å²) in [5.74, 6) is 0. The van der Waals surface area contributed by atoms with Crippen molar-refractivity contribution in [3.05, 3.63) is 139 Å². The minimum Gasteiger partial charge on any atom is -0.355 e. The molecule has 0 bridgehead atoms. The summed E-state index contributed by atoms with van der Waals surface area (Å²) in [5, 5.41) is 11.7. The smallest absolute Gasteiger partial charge is 0.198 e. The van der Waals surface area contributed by atoms with Crippen molar-refractivity contribution in [2.24, 2.45) is 0 Å². The molecule has 0 radical (unpaired) electrons. The van der Waals surface area contributed by atoms with Crippen LogP contribution in [-0.4, -0.2) is 11.8 Å². The molecule has 1 aliphatic rings. The molecule has 0 aliphatic carbocycles. The van der Waals surface area contributed by atoms with E-state index in [4.69, 9.17) is 0 Å². The summed E-state index contributed by atoms with van der Waals surface area (Å²) in [7, 11) is 0.884. The highest BCUT2D eigenvalue weighted by atomic mass is 32.1. The van der Waals surface area contributed by atoms with E-state index in [1.54, 1.807) is 0 Å². The number of anilines is 2. The van der Waals surface area contributed by atoms with Gasteiger partial charge in [-0.05, 0) is 65.3 Å². The molecule has 45 heavy (non-hydrogen) atoms. The van der Waals surface area contributed by atoms with Gasteiger partial charge in [-0.2, -0.15) is 0 Å². The SMILES string of the molecule is Cc1ccccc1Nc1cc2sc3ccccc3c2cc1-c1cc2ccccc2c2c1Bc1cccc3c4ccccc4n-2c13. The molecule has 9 aromatic rings. The molecule has 0 saturated heterocycles. The normalized spacial score (nSPS) is 12.3. The number of hydrogen-bond acceptors (Lipinski definition) is 2. The van der Waals surface area contributed by atoms with Crippen LogP contribution in [0.25, 0.3) is 69.6 Å². The number of aromatic nitrogens is 1. The van der Waals surface area contributed by atoms with E-state index in [1.165, 1.54) is 86.1 Å². The summed E-state index contributed by atoms with van der Waals surface area (Å²) < 4.78 is 5.17. The maximum atomic E-state index is 3.89. The third-order valence-electron chi connectivity index (χ3n) is 9.72. The summed E-state index contributed by atoms with van der Waals surface area (Å²) >= 11 is 1.87. The first-order valence-corrected chi connectivity index (χ1v) is 16.4. The lowest BCUT2D eigenvalue weighted by atomic mass is 9.58. The van der Waals surface area contributed by atoms with Gasteiger partial charge in [-0.15, -0.1) is 11.3 Å². The molecule has 10 rings (SSSR count). The third kappa shape index (κ3) is 3.57. The van der Waals surface area contributed by atoms with Crippen LogP contribution in [0.15, 0.2) is 133 Å². The Hall–Kier alpha value is -5.32. The zero-order chi connectivity index (χ0) is 29.6. The predicted octanol–water partition coefficient (Wildman–Crippen LogP) is 9.72. The van der Waals surface area contributed by atoms with Crippen molar-refractivity contribution < 1.29 is 0 Å². The molecule has 4 heteroatoms. The number of hydrogen-bond donors (Lipinski definition) is 1. The number of para-hydroxylation sites is 3. The van der Waals surface area contributed by atoms with E-state index in [0.717, 1.165) is 18.7 Å². The quantitative estimate of drug-likeness (QED) is 0.203. The standard InChI is InChI=1S/C41H27BN2S/c1-24-11-2-7-18-34(24)43-35-23-38-31(28-15-6-9-20-37(28)45-38)22-30(35)32-21-25-12-3-4-13-26(25)41-39(32)42-33-17-10-16-29-27-14-5-8-19-36(27)44(41)40(29)33/h2-23,42-43H,1H3. The minimum absolute atomic E-state index is 0.884. The van der Waals surface area contributed by atoms with Crippen molar-refractivity contribution in [2.45, 2.75) is 6.92 Å². The third-order valence-corrected chi connectivity index (χ3v) is 10.9. The molecule has 0 spiro atoms. The molecule has 0 atom stereocenters. The maximum absolute atomic E-state index is 3.89. The van der Waals surface area contributed by atoms with Crippen LogP contribution in [0.5, 0.6) is 0 Å². The van der Waals surface area contributed by atoms with Gasteiger partial charge in [0, 0.05) is 64.5 Å². The molecule has 1 aliphatic heterocycles. The number of thiophene rings is 1. The number of nitrogens with zero attached hydrogens (tertiary/aromatic N) is 1. The highest BCUT2D eigenvalue weighted by molar-refractivity contribution is 7.25. The van der Waals surface area contributed by atoms with E-state index in [-0.39, 0.29) is 0 Å². The molecule has 0 amide bonds. The fourth-order valence-electron chi connectivity index (χ4n) is 7.66. The van der Waals surface area contributed by atoms with Gasteiger partial charge in [0.05, 0.1) is 5.52 Å². The van der Waals surface area contributed by atoms with Crippen LogP contribution in [0, 0.1) is 6.92 Å². The van der Waals surface area contributed by atoms with Crippen LogP contribution in [0.1, 0.15) is 5.56 Å². The highest BCUT2D eigenvalue weighted by Crippen LogP contribution is 2.43. The Balaban J connectivity index is 1.35. The molecule has 210 valence electrons. The Morgan fingerprint density at radius 1 is 0.578 bits per heavy atom. The average molecular weight is 591 g/mol. The fraction of sp³-hybridized carbons (Fsp3) is 0.0244. The summed E-state index contributed by atoms with van der Waals surface area (Å²) in [4.78, 5) is 0. The molecule has 2 aromatic heterocycles. The summed E-state index contributed by atoms with van der Waals surface area (Å²) in [5.41, 5.74) is 12.7. The summed E-state index contributed by atoms with van der Waals surface area (Å²) in [6.07, 6.45) is 0. The van der Waals surface area contributed by atoms with Crippen LogP contribution in [0.2, 0.25) is 0 Å². The molecule has 2 nitrogen and oxygen atoms in total. The van der Waals surface area contributed by atoms with Crippen molar-refractivity contribution in [3.8, 4) is 16.8 Å². The van der Waals surface area contributed by atoms with Gasteiger partial charge >= 0.3 is 0 Å². The molecular weight excluding hydrogens is 563 g/mol. The van der Waals surface area contributed by atoms with Crippen LogP contribution in [-0.2, 0) is 0 Å². The van der Waals surface area contributed by atoms with Crippen molar-refractivity contribution in [1.82, 2.24) is 4.57 Å². The molecule has 0 unspecified atom stereocenters. The van der Waals surface area contributed by atoms with Crippen LogP contribution >= 0.6 is 11.3 Å². The van der Waals surface area contributed by atoms with Gasteiger partial charge in [-0.1, -0.05) is 103 Å². The summed E-state index contributed by atoms with van der Waals surface area (Å²) in [6, 6.07) is 49.3. The average Bonchev–Trinajstić information content (AvgIpc) is 3.61. The Bertz CT molecular complexity index is 2680. The highest BCUT2D eigenvalue weighted by Gasteiger charge is 2.28. The van der Waals surface area contributed by atoms with E-state index in [1.807, 2.05) is 11.3 Å². The van der Waals surface area contributed by atoms with Gasteiger partial charge in [-0.3, -0.25) is 0 Å². The topological polar surface area (TPSA) is 17.0 Å². The zero-order valence-corrected chi connectivity index (χ0v) is 25.6. The van der Waals surface area contributed by atoms with Gasteiger partial charge in [0.25, 0.3) is 0 Å². The Morgan fingerprint density at radius 2 is 1.33 bits per heavy atom. The van der Waals surface area contributed by atoms with E-state index in [9.17, 15) is 0 Å². The van der Waals surface area contributed by atoms with Gasteiger partial charge in [0.2, 0.25) is 0 Å². The molecular formula is C41H27BN2S. The number of nitrogens with one attached hydrogen (secondary N) is 1. The first-order chi connectivity index (χ1) is 22.2. The zero-order valence-electron chi connectivity index (χ0n) is 24.8. The molecule has 0 saturated carbocycles. The summed E-state index contributed by atoms with van der Waals surface area (Å²) in [6.45, 7) is 2.18. The van der Waals surface area contributed by atoms with E-state index in [2.05, 4.69) is 150 Å². The van der Waals surface area contributed by atoms with Gasteiger partial charge in [-0.25, -0.2) is 0 Å². The number of aryl methyl sites for hydroxylation is 1. The van der Waals surface area contributed by atoms with Crippen LogP contribution in [0.4, 0.5) is 11.4 Å². The first-order valence-electron chi connectivity index (χ1n) is 15.6. The number of rotatable bonds is 3. The lowest BCUT2D eigenvalue weighted by Crippen LogP contribution is -2.37. The minimum atomic E-state index is 0.884. The van der Waals surface area contributed by atoms with E-state index >= 15 is 0 Å². The Kier molecular flexibility index (Phi) is 5.20. The van der Waals surface area contributed by atoms with Crippen molar-refractivity contribution in [2.75, 3.05) is 5.32 Å². The molecule has 7 aromatic carbocycles. The number of benzene rings is 7. The van der Waals surface area contributed by atoms with E-state index in [0.29, 0.717) is 0 Å². The second kappa shape index (κ2) is 9.34. The lowest BCUT2D eigenvalue weighted by molar-refractivity contribution is 1.21. The van der Waals surface area contributed by atoms with Gasteiger partial charge in [0.1, 0.15) is 0 Å². The second-order valence-corrected chi connectivity index (χ2v) is 13.3. The number of fused-ring (bicyclic) bond motifs is 10. The molecule has 0 fully saturated rings. The van der Waals surface area contributed by atoms with Crippen LogP contribution in [0.3, 0.4) is 0 Å². The Morgan fingerprint density at radius 3 is 2.24 bits per heavy atom. The lowest BCUT2D eigenvalue weighted by Gasteiger charge is -2.26. The van der Waals surface area contributed by atoms with Gasteiger partial charge < -0.3 is 9.88 Å². The largest absolute Gasteiger partial charge is 0.355 e. The van der Waals surface area contributed by atoms with E-state index < -0.39 is 0 Å². The predicted molar refractivity (Wildman–Crippen MR) is 197 cm³/mol. The Labute approximate surface area is 265 Å². The van der Waals surface area contributed by atoms with Crippen LogP contribution < -0.4 is 16.2 Å². The second-order valence-electron chi connectivity index (χ2n) is 12.2. The monoisotopic (exact) mass is 590 g/mol. The van der Waals surface area contributed by atoms with Crippen molar-refractivity contribution >= 4 is 93.7 Å². The van der Waals surface area contributed by atoms with Gasteiger partial charge in [0.15, 0.2) is 7.28 Å². The maximum Gasteiger partial charge on any atom is 0.198 e. The van der Waals surface area contributed by atoms with Crippen molar-refractivity contribution in [1.29, 1.82) is 0 Å². The first kappa shape index (κ1) is 25.1.